The molecule has 6 heteroatoms. The van der Waals surface area contributed by atoms with Gasteiger partial charge >= 0.3 is 5.63 Å². The van der Waals surface area contributed by atoms with Gasteiger partial charge in [-0.2, -0.15) is 0 Å². The number of para-hydroxylation sites is 2. The van der Waals surface area contributed by atoms with Crippen LogP contribution in [0.15, 0.2) is 57.7 Å². The van der Waals surface area contributed by atoms with Crippen LogP contribution in [0, 0.1) is 0 Å². The number of carbonyl (C=O) groups is 1. The van der Waals surface area contributed by atoms with Crippen molar-refractivity contribution in [1.29, 1.82) is 0 Å². The number of methoxy groups -OCH3 is 1. The van der Waals surface area contributed by atoms with Crippen LogP contribution in [-0.2, 0) is 0 Å². The molecule has 0 radical (unpaired) electrons. The van der Waals surface area contributed by atoms with E-state index in [0.717, 1.165) is 0 Å². The lowest BCUT2D eigenvalue weighted by atomic mass is 10.1. The highest BCUT2D eigenvalue weighted by molar-refractivity contribution is 6.12. The number of carbonyl (C=O) groups excluding carboxylic acids is 1. The third-order valence-corrected chi connectivity index (χ3v) is 3.63. The monoisotopic (exact) mass is 339 g/mol. The Labute approximate surface area is 144 Å². The standard InChI is InChI=1S/C19H17NO5/c1-3-24-16-7-5-4-6-15(16)20-19(22)14-11-18(21)25-17-10-12(23-2)8-9-13(14)17/h4-11H,3H2,1-2H3,(H,20,22). The zero-order valence-electron chi connectivity index (χ0n) is 13.9. The van der Waals surface area contributed by atoms with Gasteiger partial charge in [0.15, 0.2) is 0 Å². The van der Waals surface area contributed by atoms with E-state index in [2.05, 4.69) is 5.32 Å². The number of amides is 1. The average Bonchev–Trinajstić information content (AvgIpc) is 2.62. The van der Waals surface area contributed by atoms with Gasteiger partial charge in [0.25, 0.3) is 5.91 Å². The van der Waals surface area contributed by atoms with Crippen LogP contribution < -0.4 is 20.4 Å². The number of hydrogen-bond acceptors (Lipinski definition) is 5. The zero-order valence-corrected chi connectivity index (χ0v) is 13.9. The molecule has 0 aliphatic heterocycles. The van der Waals surface area contributed by atoms with Crippen molar-refractivity contribution in [1.82, 2.24) is 0 Å². The first-order chi connectivity index (χ1) is 12.1. The Kier molecular flexibility index (Phi) is 4.70. The molecule has 3 rings (SSSR count). The summed E-state index contributed by atoms with van der Waals surface area (Å²) in [5.74, 6) is 0.678. The predicted molar refractivity (Wildman–Crippen MR) is 94.6 cm³/mol. The molecule has 0 fully saturated rings. The van der Waals surface area contributed by atoms with Crippen molar-refractivity contribution < 1.29 is 18.7 Å². The molecular formula is C19H17NO5. The predicted octanol–water partition coefficient (Wildman–Crippen LogP) is 3.45. The van der Waals surface area contributed by atoms with E-state index < -0.39 is 11.5 Å². The quantitative estimate of drug-likeness (QED) is 0.720. The maximum Gasteiger partial charge on any atom is 0.337 e. The summed E-state index contributed by atoms with van der Waals surface area (Å²) in [5.41, 5.74) is 0.434. The molecule has 6 nitrogen and oxygen atoms in total. The fraction of sp³-hybridized carbons (Fsp3) is 0.158. The molecule has 25 heavy (non-hydrogen) atoms. The number of hydrogen-bond donors (Lipinski definition) is 1. The normalized spacial score (nSPS) is 10.5. The van der Waals surface area contributed by atoms with Gasteiger partial charge < -0.3 is 19.2 Å². The van der Waals surface area contributed by atoms with E-state index in [1.54, 1.807) is 36.4 Å². The number of rotatable bonds is 5. The second-order valence-corrected chi connectivity index (χ2v) is 5.22. The summed E-state index contributed by atoms with van der Waals surface area (Å²) in [6.45, 7) is 2.34. The molecular weight excluding hydrogens is 322 g/mol. The minimum Gasteiger partial charge on any atom is -0.497 e. The average molecular weight is 339 g/mol. The Morgan fingerprint density at radius 3 is 2.72 bits per heavy atom. The SMILES string of the molecule is CCOc1ccccc1NC(=O)c1cc(=O)oc2cc(OC)ccc12. The lowest BCUT2D eigenvalue weighted by molar-refractivity contribution is 0.102. The minimum absolute atomic E-state index is 0.222. The maximum absolute atomic E-state index is 12.7. The molecule has 1 aromatic heterocycles. The zero-order chi connectivity index (χ0) is 17.8. The summed E-state index contributed by atoms with van der Waals surface area (Å²) >= 11 is 0. The van der Waals surface area contributed by atoms with Gasteiger partial charge in [-0.1, -0.05) is 12.1 Å². The van der Waals surface area contributed by atoms with Crippen LogP contribution in [-0.4, -0.2) is 19.6 Å². The molecule has 1 N–H and O–H groups in total. The van der Waals surface area contributed by atoms with E-state index in [0.29, 0.717) is 29.2 Å². The van der Waals surface area contributed by atoms with Crippen molar-refractivity contribution in [2.75, 3.05) is 19.0 Å². The van der Waals surface area contributed by atoms with E-state index in [4.69, 9.17) is 13.9 Å². The van der Waals surface area contributed by atoms with Crippen LogP contribution in [0.25, 0.3) is 11.0 Å². The third kappa shape index (κ3) is 3.47. The Hall–Kier alpha value is -3.28. The van der Waals surface area contributed by atoms with Crippen LogP contribution in [0.4, 0.5) is 5.69 Å². The molecule has 2 aromatic carbocycles. The second kappa shape index (κ2) is 7.09. The molecule has 0 spiro atoms. The molecule has 0 saturated heterocycles. The van der Waals surface area contributed by atoms with Gasteiger partial charge in [-0.05, 0) is 31.2 Å². The molecule has 0 aliphatic rings. The van der Waals surface area contributed by atoms with E-state index in [1.807, 2.05) is 13.0 Å². The van der Waals surface area contributed by atoms with Gasteiger partial charge in [-0.15, -0.1) is 0 Å². The van der Waals surface area contributed by atoms with Crippen molar-refractivity contribution in [3.05, 3.63) is 64.5 Å². The van der Waals surface area contributed by atoms with E-state index >= 15 is 0 Å². The van der Waals surface area contributed by atoms with Gasteiger partial charge in [0.05, 0.1) is 25.0 Å². The van der Waals surface area contributed by atoms with Crippen LogP contribution in [0.3, 0.4) is 0 Å². The van der Waals surface area contributed by atoms with Gasteiger partial charge in [0.1, 0.15) is 17.1 Å². The molecule has 0 bridgehead atoms. The maximum atomic E-state index is 12.7. The van der Waals surface area contributed by atoms with E-state index in [-0.39, 0.29) is 11.1 Å². The van der Waals surface area contributed by atoms with Crippen LogP contribution in [0.5, 0.6) is 11.5 Å². The number of benzene rings is 2. The molecule has 128 valence electrons. The first-order valence-corrected chi connectivity index (χ1v) is 7.77. The molecule has 1 heterocycles. The fourth-order valence-electron chi connectivity index (χ4n) is 2.50. The molecule has 0 atom stereocenters. The molecule has 3 aromatic rings. The molecule has 0 unspecified atom stereocenters. The first kappa shape index (κ1) is 16.6. The Bertz CT molecular complexity index is 977. The Morgan fingerprint density at radius 2 is 1.96 bits per heavy atom. The van der Waals surface area contributed by atoms with Crippen LogP contribution in [0.1, 0.15) is 17.3 Å². The Morgan fingerprint density at radius 1 is 1.16 bits per heavy atom. The van der Waals surface area contributed by atoms with Crippen molar-refractivity contribution in [2.24, 2.45) is 0 Å². The highest BCUT2D eigenvalue weighted by Crippen LogP contribution is 2.26. The number of ether oxygens (including phenoxy) is 2. The summed E-state index contributed by atoms with van der Waals surface area (Å²) in [6.07, 6.45) is 0. The van der Waals surface area contributed by atoms with Gasteiger partial charge in [-0.3, -0.25) is 4.79 Å². The lowest BCUT2D eigenvalue weighted by Crippen LogP contribution is -2.16. The molecule has 1 amide bonds. The molecule has 0 aliphatic carbocycles. The van der Waals surface area contributed by atoms with Gasteiger partial charge in [-0.25, -0.2) is 4.79 Å². The highest BCUT2D eigenvalue weighted by Gasteiger charge is 2.15. The fourth-order valence-corrected chi connectivity index (χ4v) is 2.50. The largest absolute Gasteiger partial charge is 0.497 e. The van der Waals surface area contributed by atoms with Crippen LogP contribution >= 0.6 is 0 Å². The minimum atomic E-state index is -0.607. The molecule has 0 saturated carbocycles. The van der Waals surface area contributed by atoms with Crippen molar-refractivity contribution >= 4 is 22.6 Å². The summed E-state index contributed by atoms with van der Waals surface area (Å²) in [5, 5.41) is 3.30. The van der Waals surface area contributed by atoms with E-state index in [9.17, 15) is 9.59 Å². The van der Waals surface area contributed by atoms with Crippen molar-refractivity contribution in [2.45, 2.75) is 6.92 Å². The van der Waals surface area contributed by atoms with E-state index in [1.165, 1.54) is 13.2 Å². The van der Waals surface area contributed by atoms with Crippen molar-refractivity contribution in [3.63, 3.8) is 0 Å². The lowest BCUT2D eigenvalue weighted by Gasteiger charge is -2.12. The first-order valence-electron chi connectivity index (χ1n) is 7.77. The van der Waals surface area contributed by atoms with Gasteiger partial charge in [0, 0.05) is 17.5 Å². The highest BCUT2D eigenvalue weighted by atomic mass is 16.5. The van der Waals surface area contributed by atoms with Crippen LogP contribution in [0.2, 0.25) is 0 Å². The Balaban J connectivity index is 2.02. The summed E-state index contributed by atoms with van der Waals surface area (Å²) in [7, 11) is 1.51. The topological polar surface area (TPSA) is 77.8 Å². The summed E-state index contributed by atoms with van der Waals surface area (Å²) in [4.78, 5) is 24.5. The smallest absolute Gasteiger partial charge is 0.337 e. The second-order valence-electron chi connectivity index (χ2n) is 5.22. The number of anilines is 1. The third-order valence-electron chi connectivity index (χ3n) is 3.63. The van der Waals surface area contributed by atoms with Crippen molar-refractivity contribution in [3.8, 4) is 11.5 Å². The summed E-state index contributed by atoms with van der Waals surface area (Å²) in [6, 6.07) is 13.2. The number of nitrogens with one attached hydrogen (secondary N) is 1. The summed E-state index contributed by atoms with van der Waals surface area (Å²) < 4.78 is 15.8. The van der Waals surface area contributed by atoms with Gasteiger partial charge in [0.2, 0.25) is 0 Å². The number of fused-ring (bicyclic) bond motifs is 1.